The highest BCUT2D eigenvalue weighted by atomic mass is 16.5. The van der Waals surface area contributed by atoms with E-state index in [0.29, 0.717) is 22.8 Å². The molecule has 0 aliphatic carbocycles. The maximum Gasteiger partial charge on any atom is 0.258 e. The van der Waals surface area contributed by atoms with Crippen molar-refractivity contribution >= 4 is 11.6 Å². The van der Waals surface area contributed by atoms with Gasteiger partial charge in [0.25, 0.3) is 5.91 Å². The molecule has 0 atom stereocenters. The molecule has 5 heteroatoms. The van der Waals surface area contributed by atoms with Crippen LogP contribution in [-0.4, -0.2) is 34.3 Å². The van der Waals surface area contributed by atoms with E-state index in [4.69, 9.17) is 14.2 Å². The first-order valence-electron chi connectivity index (χ1n) is 6.75. The topological polar surface area (TPSA) is 48.0 Å². The van der Waals surface area contributed by atoms with E-state index in [2.05, 4.69) is 0 Å². The van der Waals surface area contributed by atoms with E-state index in [0.717, 1.165) is 5.69 Å². The van der Waals surface area contributed by atoms with Crippen LogP contribution in [0.15, 0.2) is 42.5 Å². The number of carbonyl (C=O) groups excluding carboxylic acids is 1. The minimum absolute atomic E-state index is 0.144. The summed E-state index contributed by atoms with van der Waals surface area (Å²) in [6.07, 6.45) is 0. The molecule has 0 saturated heterocycles. The van der Waals surface area contributed by atoms with Crippen LogP contribution in [0.1, 0.15) is 10.4 Å². The number of ether oxygens (including phenoxy) is 3. The van der Waals surface area contributed by atoms with Crippen LogP contribution >= 0.6 is 0 Å². The van der Waals surface area contributed by atoms with Gasteiger partial charge >= 0.3 is 0 Å². The maximum atomic E-state index is 12.6. The van der Waals surface area contributed by atoms with Crippen molar-refractivity contribution in [2.45, 2.75) is 0 Å². The fourth-order valence-corrected chi connectivity index (χ4v) is 2.10. The van der Waals surface area contributed by atoms with E-state index in [-0.39, 0.29) is 5.91 Å². The zero-order chi connectivity index (χ0) is 16.1. The second kappa shape index (κ2) is 6.85. The Morgan fingerprint density at radius 2 is 1.64 bits per heavy atom. The lowest BCUT2D eigenvalue weighted by Gasteiger charge is -2.19. The second-order valence-corrected chi connectivity index (χ2v) is 4.64. The van der Waals surface area contributed by atoms with Gasteiger partial charge in [-0.1, -0.05) is 6.07 Å². The lowest BCUT2D eigenvalue weighted by molar-refractivity contribution is 0.0992. The highest BCUT2D eigenvalue weighted by molar-refractivity contribution is 6.06. The minimum atomic E-state index is -0.144. The summed E-state index contributed by atoms with van der Waals surface area (Å²) < 4.78 is 15.6. The Morgan fingerprint density at radius 1 is 0.909 bits per heavy atom. The van der Waals surface area contributed by atoms with E-state index in [9.17, 15) is 4.79 Å². The Bertz CT molecular complexity index is 669. The number of carbonyl (C=O) groups is 1. The van der Waals surface area contributed by atoms with Gasteiger partial charge in [0.2, 0.25) is 0 Å². The summed E-state index contributed by atoms with van der Waals surface area (Å²) in [4.78, 5) is 14.2. The van der Waals surface area contributed by atoms with E-state index in [1.165, 1.54) is 7.11 Å². The quantitative estimate of drug-likeness (QED) is 0.852. The van der Waals surface area contributed by atoms with Gasteiger partial charge in [0.15, 0.2) is 11.5 Å². The van der Waals surface area contributed by atoms with Crippen LogP contribution in [0.25, 0.3) is 0 Å². The maximum absolute atomic E-state index is 12.6. The van der Waals surface area contributed by atoms with Gasteiger partial charge in [-0.05, 0) is 30.3 Å². The minimum Gasteiger partial charge on any atom is -0.497 e. The summed E-state index contributed by atoms with van der Waals surface area (Å²) in [6, 6.07) is 12.4. The molecule has 2 aromatic carbocycles. The number of hydrogen-bond acceptors (Lipinski definition) is 4. The molecule has 22 heavy (non-hydrogen) atoms. The summed E-state index contributed by atoms with van der Waals surface area (Å²) in [5.41, 5.74) is 1.27. The molecule has 0 N–H and O–H groups in total. The predicted molar refractivity (Wildman–Crippen MR) is 85.3 cm³/mol. The van der Waals surface area contributed by atoms with Gasteiger partial charge in [0.05, 0.1) is 21.3 Å². The van der Waals surface area contributed by atoms with Gasteiger partial charge in [-0.15, -0.1) is 0 Å². The summed E-state index contributed by atoms with van der Waals surface area (Å²) in [6.45, 7) is 0. The van der Waals surface area contributed by atoms with Crippen LogP contribution < -0.4 is 19.1 Å². The van der Waals surface area contributed by atoms with Crippen LogP contribution in [0.3, 0.4) is 0 Å². The standard InChI is InChI=1S/C17H19NO4/c1-18(13-6-5-7-14(11-13)20-2)17(19)12-8-9-15(21-3)16(10-12)22-4/h5-11H,1-4H3. The molecule has 0 aliphatic rings. The van der Waals surface area contributed by atoms with Crippen molar-refractivity contribution in [3.8, 4) is 17.2 Å². The smallest absolute Gasteiger partial charge is 0.258 e. The molecule has 0 unspecified atom stereocenters. The molecular weight excluding hydrogens is 282 g/mol. The van der Waals surface area contributed by atoms with Gasteiger partial charge in [-0.25, -0.2) is 0 Å². The van der Waals surface area contributed by atoms with E-state index >= 15 is 0 Å². The van der Waals surface area contributed by atoms with Crippen molar-refractivity contribution in [2.75, 3.05) is 33.3 Å². The fraction of sp³-hybridized carbons (Fsp3) is 0.235. The summed E-state index contributed by atoms with van der Waals surface area (Å²) >= 11 is 0. The number of nitrogens with zero attached hydrogens (tertiary/aromatic N) is 1. The first kappa shape index (κ1) is 15.7. The van der Waals surface area contributed by atoms with Crippen LogP contribution in [0.5, 0.6) is 17.2 Å². The lowest BCUT2D eigenvalue weighted by atomic mass is 10.1. The van der Waals surface area contributed by atoms with Crippen molar-refractivity contribution in [1.29, 1.82) is 0 Å². The van der Waals surface area contributed by atoms with Gasteiger partial charge < -0.3 is 19.1 Å². The number of benzene rings is 2. The molecule has 0 aromatic heterocycles. The highest BCUT2D eigenvalue weighted by Gasteiger charge is 2.16. The van der Waals surface area contributed by atoms with Crippen molar-refractivity contribution in [3.63, 3.8) is 0 Å². The molecule has 2 aromatic rings. The third-order valence-corrected chi connectivity index (χ3v) is 3.38. The van der Waals surface area contributed by atoms with Crippen LogP contribution in [-0.2, 0) is 0 Å². The van der Waals surface area contributed by atoms with Crippen molar-refractivity contribution in [1.82, 2.24) is 0 Å². The average Bonchev–Trinajstić information content (AvgIpc) is 2.59. The normalized spacial score (nSPS) is 10.0. The summed E-state index contributed by atoms with van der Waals surface area (Å²) in [5.74, 6) is 1.66. The summed E-state index contributed by atoms with van der Waals surface area (Å²) in [7, 11) is 6.41. The van der Waals surface area contributed by atoms with E-state index in [1.807, 2.05) is 18.2 Å². The Hall–Kier alpha value is -2.69. The van der Waals surface area contributed by atoms with Crippen molar-refractivity contribution in [3.05, 3.63) is 48.0 Å². The van der Waals surface area contributed by atoms with E-state index < -0.39 is 0 Å². The SMILES string of the molecule is COc1cccc(N(C)C(=O)c2ccc(OC)c(OC)c2)c1. The van der Waals surface area contributed by atoms with Crippen molar-refractivity contribution in [2.24, 2.45) is 0 Å². The Balaban J connectivity index is 2.30. The molecule has 0 bridgehead atoms. The largest absolute Gasteiger partial charge is 0.497 e. The second-order valence-electron chi connectivity index (χ2n) is 4.64. The lowest BCUT2D eigenvalue weighted by Crippen LogP contribution is -2.26. The van der Waals surface area contributed by atoms with Gasteiger partial charge in [-0.2, -0.15) is 0 Å². The summed E-state index contributed by atoms with van der Waals surface area (Å²) in [5, 5.41) is 0. The molecular formula is C17H19NO4. The third-order valence-electron chi connectivity index (χ3n) is 3.38. The molecule has 0 radical (unpaired) electrons. The number of anilines is 1. The monoisotopic (exact) mass is 301 g/mol. The Labute approximate surface area is 130 Å². The third kappa shape index (κ3) is 3.14. The molecule has 0 heterocycles. The predicted octanol–water partition coefficient (Wildman–Crippen LogP) is 2.99. The average molecular weight is 301 g/mol. The molecule has 0 saturated carbocycles. The number of hydrogen-bond donors (Lipinski definition) is 0. The molecule has 0 spiro atoms. The number of amides is 1. The molecule has 1 amide bonds. The zero-order valence-electron chi connectivity index (χ0n) is 13.1. The van der Waals surface area contributed by atoms with Gasteiger partial charge in [-0.3, -0.25) is 4.79 Å². The molecule has 5 nitrogen and oxygen atoms in total. The van der Waals surface area contributed by atoms with Crippen LogP contribution in [0, 0.1) is 0 Å². The Kier molecular flexibility index (Phi) is 4.88. The molecule has 0 aliphatic heterocycles. The van der Waals surface area contributed by atoms with Crippen LogP contribution in [0.2, 0.25) is 0 Å². The molecule has 2 rings (SSSR count). The Morgan fingerprint density at radius 3 is 2.27 bits per heavy atom. The van der Waals surface area contributed by atoms with Gasteiger partial charge in [0, 0.05) is 24.4 Å². The number of rotatable bonds is 5. The van der Waals surface area contributed by atoms with E-state index in [1.54, 1.807) is 50.4 Å². The fourth-order valence-electron chi connectivity index (χ4n) is 2.10. The first-order valence-corrected chi connectivity index (χ1v) is 6.75. The molecule has 116 valence electrons. The number of methoxy groups -OCH3 is 3. The zero-order valence-corrected chi connectivity index (χ0v) is 13.1. The molecule has 0 fully saturated rings. The van der Waals surface area contributed by atoms with Gasteiger partial charge in [0.1, 0.15) is 5.75 Å². The van der Waals surface area contributed by atoms with Crippen molar-refractivity contribution < 1.29 is 19.0 Å². The van der Waals surface area contributed by atoms with Crippen LogP contribution in [0.4, 0.5) is 5.69 Å². The first-order chi connectivity index (χ1) is 10.6. The highest BCUT2D eigenvalue weighted by Crippen LogP contribution is 2.29.